The lowest BCUT2D eigenvalue weighted by Crippen LogP contribution is -2.09. The van der Waals surface area contributed by atoms with Crippen LogP contribution in [0, 0.1) is 0 Å². The summed E-state index contributed by atoms with van der Waals surface area (Å²) in [6, 6.07) is 68.6. The molecular weight excluding hydrogens is 729 g/mol. The molecule has 9 aromatic carbocycles. The Morgan fingerprint density at radius 3 is 1.86 bits per heavy atom. The van der Waals surface area contributed by atoms with E-state index in [1.54, 1.807) is 11.3 Å². The van der Waals surface area contributed by atoms with Crippen LogP contribution in [0.5, 0.6) is 0 Å². The van der Waals surface area contributed by atoms with E-state index in [0.29, 0.717) is 0 Å². The minimum absolute atomic E-state index is 0.873. The largest absolute Gasteiger partial charge is 0.456 e. The third-order valence-electron chi connectivity index (χ3n) is 11.3. The molecule has 4 nitrogen and oxygen atoms in total. The minimum Gasteiger partial charge on any atom is -0.456 e. The summed E-state index contributed by atoms with van der Waals surface area (Å²) in [4.78, 5) is 7.33. The smallest absolute Gasteiger partial charge is 0.137 e. The summed E-state index contributed by atoms with van der Waals surface area (Å²) in [5.74, 6) is 0. The molecule has 0 aliphatic rings. The van der Waals surface area contributed by atoms with Crippen LogP contribution in [0.25, 0.3) is 97.7 Å². The van der Waals surface area contributed by atoms with Crippen LogP contribution < -0.4 is 4.90 Å². The van der Waals surface area contributed by atoms with Crippen LogP contribution in [-0.4, -0.2) is 4.98 Å². The van der Waals surface area contributed by atoms with Crippen molar-refractivity contribution in [2.24, 2.45) is 0 Å². The number of fused-ring (bicyclic) bond motifs is 9. The van der Waals surface area contributed by atoms with E-state index in [1.165, 1.54) is 21.9 Å². The number of furan rings is 2. The van der Waals surface area contributed by atoms with Crippen LogP contribution in [0.2, 0.25) is 0 Å². The molecule has 0 saturated heterocycles. The number of thiazole rings is 1. The molecule has 0 N–H and O–H groups in total. The molecule has 0 atom stereocenters. The van der Waals surface area contributed by atoms with Crippen molar-refractivity contribution in [2.45, 2.75) is 0 Å². The maximum atomic E-state index is 6.39. The molecule has 0 fully saturated rings. The molecule has 5 heteroatoms. The van der Waals surface area contributed by atoms with E-state index in [0.717, 1.165) is 92.9 Å². The van der Waals surface area contributed by atoms with E-state index >= 15 is 0 Å². The van der Waals surface area contributed by atoms with Crippen molar-refractivity contribution in [1.82, 2.24) is 4.98 Å². The molecule has 272 valence electrons. The van der Waals surface area contributed by atoms with Gasteiger partial charge in [-0.1, -0.05) is 121 Å². The minimum atomic E-state index is 0.873. The molecular formula is C53H32N2O2S. The Balaban J connectivity index is 0.957. The van der Waals surface area contributed by atoms with Crippen LogP contribution in [0.15, 0.2) is 203 Å². The summed E-state index contributed by atoms with van der Waals surface area (Å²) >= 11 is 1.72. The maximum Gasteiger partial charge on any atom is 0.137 e. The third kappa shape index (κ3) is 5.32. The molecule has 58 heavy (non-hydrogen) atoms. The predicted molar refractivity (Wildman–Crippen MR) is 243 cm³/mol. The molecule has 0 aliphatic heterocycles. The summed E-state index contributed by atoms with van der Waals surface area (Å²) in [6.45, 7) is 0. The quantitative estimate of drug-likeness (QED) is 0.169. The van der Waals surface area contributed by atoms with Gasteiger partial charge in [0.2, 0.25) is 0 Å². The highest BCUT2D eigenvalue weighted by atomic mass is 32.1. The Morgan fingerprint density at radius 1 is 0.397 bits per heavy atom. The van der Waals surface area contributed by atoms with Crippen LogP contribution in [0.1, 0.15) is 0 Å². The summed E-state index contributed by atoms with van der Waals surface area (Å²) in [6.07, 6.45) is 0. The van der Waals surface area contributed by atoms with E-state index in [-0.39, 0.29) is 0 Å². The average molecular weight is 761 g/mol. The topological polar surface area (TPSA) is 42.4 Å². The number of nitrogens with zero attached hydrogens (tertiary/aromatic N) is 2. The van der Waals surface area contributed by atoms with E-state index in [1.807, 2.05) is 24.3 Å². The summed E-state index contributed by atoms with van der Waals surface area (Å²) in [5.41, 5.74) is 13.5. The van der Waals surface area contributed by atoms with Gasteiger partial charge in [-0.15, -0.1) is 11.3 Å². The normalized spacial score (nSPS) is 11.8. The monoisotopic (exact) mass is 760 g/mol. The predicted octanol–water partition coefficient (Wildman–Crippen LogP) is 15.7. The number of rotatable bonds is 6. The molecule has 0 spiro atoms. The van der Waals surface area contributed by atoms with Crippen molar-refractivity contribution in [3.05, 3.63) is 194 Å². The fourth-order valence-corrected chi connectivity index (χ4v) is 9.62. The van der Waals surface area contributed by atoms with Gasteiger partial charge in [0.25, 0.3) is 0 Å². The Bertz CT molecular complexity index is 3500. The molecule has 0 radical (unpaired) electrons. The molecule has 0 saturated carbocycles. The van der Waals surface area contributed by atoms with Crippen LogP contribution >= 0.6 is 11.3 Å². The standard InChI is InChI=1S/C53H32N2O2S/c1-2-10-36(11-3-1)53-54-46-27-30-50-51(52(46)58-53)45-31-37(21-28-49(45)57-50)33-17-22-38(23-18-33)55(40-26-29-48-44(32-40)43-14-6-7-16-47(43)56-48)39-24-19-35(20-25-39)42-15-8-12-34-9-4-5-13-41(34)42/h1-32H. The average Bonchev–Trinajstić information content (AvgIpc) is 4.00. The number of anilines is 3. The molecule has 0 bridgehead atoms. The molecule has 0 amide bonds. The second kappa shape index (κ2) is 13.1. The number of para-hydroxylation sites is 1. The van der Waals surface area contributed by atoms with Crippen LogP contribution in [-0.2, 0) is 0 Å². The van der Waals surface area contributed by atoms with Gasteiger partial charge in [-0.25, -0.2) is 4.98 Å². The lowest BCUT2D eigenvalue weighted by atomic mass is 9.98. The molecule has 3 aromatic heterocycles. The first-order valence-electron chi connectivity index (χ1n) is 19.4. The Labute approximate surface area is 337 Å². The van der Waals surface area contributed by atoms with Gasteiger partial charge in [0.15, 0.2) is 0 Å². The first kappa shape index (κ1) is 32.7. The van der Waals surface area contributed by atoms with Crippen molar-refractivity contribution in [1.29, 1.82) is 0 Å². The highest BCUT2D eigenvalue weighted by molar-refractivity contribution is 7.22. The lowest BCUT2D eigenvalue weighted by molar-refractivity contribution is 0.668. The van der Waals surface area contributed by atoms with Crippen LogP contribution in [0.4, 0.5) is 17.1 Å². The second-order valence-electron chi connectivity index (χ2n) is 14.7. The van der Waals surface area contributed by atoms with Gasteiger partial charge >= 0.3 is 0 Å². The lowest BCUT2D eigenvalue weighted by Gasteiger charge is -2.26. The van der Waals surface area contributed by atoms with Gasteiger partial charge in [-0.05, 0) is 106 Å². The number of hydrogen-bond donors (Lipinski definition) is 0. The van der Waals surface area contributed by atoms with Crippen LogP contribution in [0.3, 0.4) is 0 Å². The van der Waals surface area contributed by atoms with E-state index in [2.05, 4.69) is 175 Å². The Kier molecular flexibility index (Phi) is 7.37. The maximum absolute atomic E-state index is 6.39. The van der Waals surface area contributed by atoms with Gasteiger partial charge < -0.3 is 13.7 Å². The zero-order chi connectivity index (χ0) is 38.2. The van der Waals surface area contributed by atoms with Gasteiger partial charge in [0, 0.05) is 44.2 Å². The number of benzene rings is 9. The van der Waals surface area contributed by atoms with E-state index < -0.39 is 0 Å². The molecule has 12 aromatic rings. The Morgan fingerprint density at radius 2 is 1.02 bits per heavy atom. The van der Waals surface area contributed by atoms with Crippen molar-refractivity contribution in [2.75, 3.05) is 4.90 Å². The number of aromatic nitrogens is 1. The molecule has 3 heterocycles. The van der Waals surface area contributed by atoms with Crippen molar-refractivity contribution in [3.63, 3.8) is 0 Å². The zero-order valence-corrected chi connectivity index (χ0v) is 31.9. The molecule has 12 rings (SSSR count). The summed E-state index contributed by atoms with van der Waals surface area (Å²) in [7, 11) is 0. The van der Waals surface area contributed by atoms with Crippen molar-refractivity contribution in [3.8, 4) is 32.8 Å². The Hall–Kier alpha value is -7.47. The second-order valence-corrected chi connectivity index (χ2v) is 15.7. The van der Waals surface area contributed by atoms with Crippen molar-refractivity contribution < 1.29 is 8.83 Å². The molecule has 0 aliphatic carbocycles. The van der Waals surface area contributed by atoms with Gasteiger partial charge in [-0.2, -0.15) is 0 Å². The summed E-state index contributed by atoms with van der Waals surface area (Å²) in [5, 5.41) is 7.91. The molecule has 0 unspecified atom stereocenters. The first-order chi connectivity index (χ1) is 28.7. The van der Waals surface area contributed by atoms with Gasteiger partial charge in [0.1, 0.15) is 27.3 Å². The van der Waals surface area contributed by atoms with E-state index in [4.69, 9.17) is 13.8 Å². The van der Waals surface area contributed by atoms with Gasteiger partial charge in [-0.3, -0.25) is 0 Å². The first-order valence-corrected chi connectivity index (χ1v) is 20.2. The van der Waals surface area contributed by atoms with Gasteiger partial charge in [0.05, 0.1) is 10.2 Å². The zero-order valence-electron chi connectivity index (χ0n) is 31.1. The van der Waals surface area contributed by atoms with E-state index in [9.17, 15) is 0 Å². The van der Waals surface area contributed by atoms with Crippen molar-refractivity contribution >= 4 is 93.3 Å². The number of hydrogen-bond acceptors (Lipinski definition) is 5. The fourth-order valence-electron chi connectivity index (χ4n) is 8.50. The summed E-state index contributed by atoms with van der Waals surface area (Å²) < 4.78 is 13.8. The SMILES string of the molecule is c1ccc(-c2nc3ccc4oc5ccc(-c6ccc(N(c7ccc(-c8cccc9ccccc89)cc7)c7ccc8oc9ccccc9c8c7)cc6)cc5c4c3s2)cc1. The fraction of sp³-hybridized carbons (Fsp3) is 0. The highest BCUT2D eigenvalue weighted by Crippen LogP contribution is 2.43. The highest BCUT2D eigenvalue weighted by Gasteiger charge is 2.18. The third-order valence-corrected chi connectivity index (χ3v) is 12.5.